The molecule has 26 heavy (non-hydrogen) atoms. The summed E-state index contributed by atoms with van der Waals surface area (Å²) in [6, 6.07) is 17.6. The quantitative estimate of drug-likeness (QED) is 0.713. The fraction of sp³-hybridized carbons (Fsp3) is 0.304. The number of aromatic nitrogens is 1. The van der Waals surface area contributed by atoms with Gasteiger partial charge in [-0.3, -0.25) is 9.78 Å². The first-order valence-corrected chi connectivity index (χ1v) is 9.41. The van der Waals surface area contributed by atoms with Gasteiger partial charge in [0.1, 0.15) is 0 Å². The largest absolute Gasteiger partial charge is 0.352 e. The summed E-state index contributed by atoms with van der Waals surface area (Å²) in [7, 11) is 0. The number of para-hydroxylation sites is 1. The van der Waals surface area contributed by atoms with Crippen molar-refractivity contribution in [3.63, 3.8) is 0 Å². The number of nitrogens with one attached hydrogen (secondary N) is 1. The lowest BCUT2D eigenvalue weighted by atomic mass is 9.64. The molecule has 0 saturated carbocycles. The van der Waals surface area contributed by atoms with Crippen molar-refractivity contribution in [3.8, 4) is 11.1 Å². The van der Waals surface area contributed by atoms with Crippen molar-refractivity contribution in [2.24, 2.45) is 0 Å². The van der Waals surface area contributed by atoms with E-state index in [9.17, 15) is 4.79 Å². The summed E-state index contributed by atoms with van der Waals surface area (Å²) in [6.45, 7) is 2.31. The number of hydrogen-bond acceptors (Lipinski definition) is 2. The number of piperidine rings is 1. The first kappa shape index (κ1) is 15.6. The molecule has 2 atom stereocenters. The van der Waals surface area contributed by atoms with Gasteiger partial charge in [-0.25, -0.2) is 0 Å². The van der Waals surface area contributed by atoms with Crippen molar-refractivity contribution >= 4 is 16.8 Å². The van der Waals surface area contributed by atoms with E-state index in [1.165, 1.54) is 22.1 Å². The number of rotatable bonds is 1. The highest BCUT2D eigenvalue weighted by Crippen LogP contribution is 2.43. The first-order valence-electron chi connectivity index (χ1n) is 9.41. The van der Waals surface area contributed by atoms with Crippen molar-refractivity contribution in [1.29, 1.82) is 0 Å². The van der Waals surface area contributed by atoms with Crippen molar-refractivity contribution in [3.05, 3.63) is 65.9 Å². The third-order valence-electron chi connectivity index (χ3n) is 6.32. The zero-order chi connectivity index (χ0) is 17.7. The Balaban J connectivity index is 1.56. The minimum absolute atomic E-state index is 0.0572. The number of aryl methyl sites for hydroxylation is 1. The normalized spacial score (nSPS) is 24.7. The summed E-state index contributed by atoms with van der Waals surface area (Å²) in [4.78, 5) is 16.4. The molecule has 1 saturated heterocycles. The predicted molar refractivity (Wildman–Crippen MR) is 104 cm³/mol. The molecule has 5 rings (SSSR count). The monoisotopic (exact) mass is 342 g/mol. The summed E-state index contributed by atoms with van der Waals surface area (Å²) in [5.74, 6) is 0.204. The highest BCUT2D eigenvalue weighted by atomic mass is 16.1. The van der Waals surface area contributed by atoms with Gasteiger partial charge in [0, 0.05) is 35.0 Å². The second-order valence-electron chi connectivity index (χ2n) is 7.86. The van der Waals surface area contributed by atoms with Crippen molar-refractivity contribution in [1.82, 2.24) is 10.3 Å². The Labute approximate surface area is 153 Å². The van der Waals surface area contributed by atoms with Gasteiger partial charge < -0.3 is 5.32 Å². The van der Waals surface area contributed by atoms with E-state index in [0.717, 1.165) is 30.3 Å². The lowest BCUT2D eigenvalue weighted by molar-refractivity contribution is -0.125. The molecule has 3 aromatic rings. The van der Waals surface area contributed by atoms with Crippen LogP contribution in [0.3, 0.4) is 0 Å². The zero-order valence-electron chi connectivity index (χ0n) is 15.0. The van der Waals surface area contributed by atoms with E-state index in [4.69, 9.17) is 0 Å². The summed E-state index contributed by atoms with van der Waals surface area (Å²) >= 11 is 0. The van der Waals surface area contributed by atoms with E-state index in [2.05, 4.69) is 53.6 Å². The second kappa shape index (κ2) is 5.66. The second-order valence-corrected chi connectivity index (χ2v) is 7.86. The average Bonchev–Trinajstić information content (AvgIpc) is 2.68. The maximum absolute atomic E-state index is 11.8. The van der Waals surface area contributed by atoms with Gasteiger partial charge in [0.05, 0.1) is 5.52 Å². The van der Waals surface area contributed by atoms with Gasteiger partial charge in [-0.15, -0.1) is 0 Å². The molecule has 1 aliphatic heterocycles. The topological polar surface area (TPSA) is 42.0 Å². The molecule has 1 amide bonds. The fourth-order valence-corrected chi connectivity index (χ4v) is 4.75. The Morgan fingerprint density at radius 2 is 1.96 bits per heavy atom. The number of hydrogen-bond donors (Lipinski definition) is 1. The van der Waals surface area contributed by atoms with Crippen LogP contribution in [0.1, 0.15) is 37.3 Å². The third kappa shape index (κ3) is 2.34. The van der Waals surface area contributed by atoms with Gasteiger partial charge in [-0.1, -0.05) is 43.3 Å². The van der Waals surface area contributed by atoms with E-state index in [-0.39, 0.29) is 17.4 Å². The van der Waals surface area contributed by atoms with Gasteiger partial charge in [-0.2, -0.15) is 0 Å². The van der Waals surface area contributed by atoms with Crippen LogP contribution in [-0.2, 0) is 16.6 Å². The van der Waals surface area contributed by atoms with Gasteiger partial charge >= 0.3 is 0 Å². The number of pyridine rings is 1. The standard InChI is InChI=1S/C23H22N2O/c1-23-11-10-22(26)25-21(23)9-7-16-12-15(6-8-19(16)23)18-13-17-4-2-3-5-20(17)24-14-18/h2-6,8,12-14,21H,7,9-11H2,1H3,(H,25,26)/t21?,23-/m1/s1. The molecule has 0 bridgehead atoms. The molecular weight excluding hydrogens is 320 g/mol. The molecule has 0 radical (unpaired) electrons. The molecule has 1 aliphatic carbocycles. The smallest absolute Gasteiger partial charge is 0.220 e. The van der Waals surface area contributed by atoms with Crippen LogP contribution in [0, 0.1) is 0 Å². The van der Waals surface area contributed by atoms with Crippen molar-refractivity contribution < 1.29 is 4.79 Å². The van der Waals surface area contributed by atoms with Crippen molar-refractivity contribution in [2.45, 2.75) is 44.1 Å². The van der Waals surface area contributed by atoms with E-state index in [1.807, 2.05) is 18.3 Å². The van der Waals surface area contributed by atoms with E-state index in [1.54, 1.807) is 0 Å². The summed E-state index contributed by atoms with van der Waals surface area (Å²) in [5.41, 5.74) is 6.31. The Morgan fingerprint density at radius 3 is 2.88 bits per heavy atom. The molecule has 0 spiro atoms. The molecule has 3 heteroatoms. The minimum atomic E-state index is 0.0572. The van der Waals surface area contributed by atoms with Crippen LogP contribution >= 0.6 is 0 Å². The molecule has 2 aliphatic rings. The predicted octanol–water partition coefficient (Wildman–Crippen LogP) is 4.38. The Kier molecular flexibility index (Phi) is 3.39. The van der Waals surface area contributed by atoms with Gasteiger partial charge in [-0.05, 0) is 48.1 Å². The maximum Gasteiger partial charge on any atom is 0.220 e. The number of carbonyl (C=O) groups is 1. The number of amides is 1. The highest BCUT2D eigenvalue weighted by Gasteiger charge is 2.43. The molecule has 2 aromatic carbocycles. The first-order chi connectivity index (χ1) is 12.6. The molecule has 1 unspecified atom stereocenters. The van der Waals surface area contributed by atoms with Crippen LogP contribution in [0.25, 0.3) is 22.0 Å². The van der Waals surface area contributed by atoms with Crippen LogP contribution < -0.4 is 5.32 Å². The van der Waals surface area contributed by atoms with Crippen molar-refractivity contribution in [2.75, 3.05) is 0 Å². The van der Waals surface area contributed by atoms with Gasteiger partial charge in [0.15, 0.2) is 0 Å². The molecule has 1 aromatic heterocycles. The van der Waals surface area contributed by atoms with Gasteiger partial charge in [0.2, 0.25) is 5.91 Å². The lowest BCUT2D eigenvalue weighted by Gasteiger charge is -2.46. The van der Waals surface area contributed by atoms with E-state index in [0.29, 0.717) is 6.42 Å². The molecular formula is C23H22N2O. The minimum Gasteiger partial charge on any atom is -0.352 e. The van der Waals surface area contributed by atoms with Crippen LogP contribution in [0.2, 0.25) is 0 Å². The number of benzene rings is 2. The Bertz CT molecular complexity index is 1030. The Hall–Kier alpha value is -2.68. The average molecular weight is 342 g/mol. The molecule has 3 nitrogen and oxygen atoms in total. The summed E-state index contributed by atoms with van der Waals surface area (Å²) in [6.07, 6.45) is 5.58. The SMILES string of the molecule is C[C@]12CCC(=O)NC1CCc1cc(-c3cnc4ccccc4c3)ccc12. The fourth-order valence-electron chi connectivity index (χ4n) is 4.75. The molecule has 1 fully saturated rings. The number of nitrogens with zero attached hydrogens (tertiary/aromatic N) is 1. The maximum atomic E-state index is 11.8. The Morgan fingerprint density at radius 1 is 1.08 bits per heavy atom. The van der Waals surface area contributed by atoms with Crippen LogP contribution in [0.15, 0.2) is 54.7 Å². The van der Waals surface area contributed by atoms with Crippen LogP contribution in [0.5, 0.6) is 0 Å². The number of carbonyl (C=O) groups excluding carboxylic acids is 1. The molecule has 1 N–H and O–H groups in total. The van der Waals surface area contributed by atoms with Crippen LogP contribution in [-0.4, -0.2) is 16.9 Å². The molecule has 2 heterocycles. The lowest BCUT2D eigenvalue weighted by Crippen LogP contribution is -2.55. The van der Waals surface area contributed by atoms with Gasteiger partial charge in [0.25, 0.3) is 0 Å². The summed E-state index contributed by atoms with van der Waals surface area (Å²) < 4.78 is 0. The third-order valence-corrected chi connectivity index (χ3v) is 6.32. The zero-order valence-corrected chi connectivity index (χ0v) is 15.0. The summed E-state index contributed by atoms with van der Waals surface area (Å²) in [5, 5.41) is 4.39. The van der Waals surface area contributed by atoms with E-state index < -0.39 is 0 Å². The highest BCUT2D eigenvalue weighted by molar-refractivity contribution is 5.83. The van der Waals surface area contributed by atoms with E-state index >= 15 is 0 Å². The number of fused-ring (bicyclic) bond motifs is 4. The van der Waals surface area contributed by atoms with Crippen LogP contribution in [0.4, 0.5) is 0 Å². The molecule has 130 valence electrons.